The fraction of sp³-hybridized carbons (Fsp3) is 0.143. The summed E-state index contributed by atoms with van der Waals surface area (Å²) in [5, 5.41) is 2.72. The molecule has 21 heavy (non-hydrogen) atoms. The SMILES string of the molecule is O=C(Nc1cccc(N2CCOC2=O)c1)c1ccc(Br)o1. The first kappa shape index (κ1) is 13.7. The van der Waals surface area contributed by atoms with Crippen molar-refractivity contribution in [2.75, 3.05) is 23.4 Å². The highest BCUT2D eigenvalue weighted by molar-refractivity contribution is 9.10. The minimum atomic E-state index is -0.381. The molecule has 2 amide bonds. The van der Waals surface area contributed by atoms with Crippen molar-refractivity contribution in [3.8, 4) is 0 Å². The first-order chi connectivity index (χ1) is 10.1. The van der Waals surface area contributed by atoms with Crippen LogP contribution >= 0.6 is 15.9 Å². The van der Waals surface area contributed by atoms with E-state index in [1.807, 2.05) is 0 Å². The Kier molecular flexibility index (Phi) is 3.66. The number of hydrogen-bond acceptors (Lipinski definition) is 4. The van der Waals surface area contributed by atoms with Gasteiger partial charge in [0.1, 0.15) is 6.61 Å². The molecule has 7 heteroatoms. The maximum atomic E-state index is 12.0. The highest BCUT2D eigenvalue weighted by Crippen LogP contribution is 2.23. The van der Waals surface area contributed by atoms with Crippen LogP contribution in [0.2, 0.25) is 0 Å². The number of rotatable bonds is 3. The predicted molar refractivity (Wildman–Crippen MR) is 79.5 cm³/mol. The lowest BCUT2D eigenvalue weighted by molar-refractivity contribution is 0.0995. The van der Waals surface area contributed by atoms with Gasteiger partial charge < -0.3 is 14.5 Å². The lowest BCUT2D eigenvalue weighted by Gasteiger charge is -2.13. The van der Waals surface area contributed by atoms with E-state index < -0.39 is 0 Å². The van der Waals surface area contributed by atoms with Crippen LogP contribution in [0.4, 0.5) is 16.2 Å². The number of anilines is 2. The number of nitrogens with zero attached hydrogens (tertiary/aromatic N) is 1. The molecule has 3 rings (SSSR count). The van der Waals surface area contributed by atoms with E-state index in [1.54, 1.807) is 36.4 Å². The van der Waals surface area contributed by atoms with Crippen LogP contribution in [-0.4, -0.2) is 25.2 Å². The molecule has 1 aliphatic rings. The molecule has 0 unspecified atom stereocenters. The summed E-state index contributed by atoms with van der Waals surface area (Å²) in [5.74, 6) is -0.158. The Labute approximate surface area is 128 Å². The standard InChI is InChI=1S/C14H11BrN2O4/c15-12-5-4-11(21-12)13(18)16-9-2-1-3-10(8-9)17-6-7-20-14(17)19/h1-5,8H,6-7H2,(H,16,18). The van der Waals surface area contributed by atoms with E-state index >= 15 is 0 Å². The summed E-state index contributed by atoms with van der Waals surface area (Å²) < 4.78 is 10.6. The molecule has 0 saturated carbocycles. The Morgan fingerprint density at radius 3 is 2.81 bits per heavy atom. The van der Waals surface area contributed by atoms with Crippen molar-refractivity contribution < 1.29 is 18.7 Å². The third kappa shape index (κ3) is 2.92. The maximum absolute atomic E-state index is 12.0. The zero-order valence-corrected chi connectivity index (χ0v) is 12.4. The van der Waals surface area contributed by atoms with E-state index in [1.165, 1.54) is 4.90 Å². The van der Waals surface area contributed by atoms with E-state index in [4.69, 9.17) is 9.15 Å². The number of nitrogens with one attached hydrogen (secondary N) is 1. The van der Waals surface area contributed by atoms with Gasteiger partial charge >= 0.3 is 6.09 Å². The Morgan fingerprint density at radius 2 is 2.14 bits per heavy atom. The number of benzene rings is 1. The van der Waals surface area contributed by atoms with Crippen LogP contribution in [0.25, 0.3) is 0 Å². The number of furan rings is 1. The summed E-state index contributed by atoms with van der Waals surface area (Å²) in [5.41, 5.74) is 1.25. The van der Waals surface area contributed by atoms with Gasteiger partial charge in [-0.3, -0.25) is 9.69 Å². The van der Waals surface area contributed by atoms with Crippen molar-refractivity contribution in [1.29, 1.82) is 0 Å². The second kappa shape index (κ2) is 5.61. The minimum absolute atomic E-state index is 0.202. The van der Waals surface area contributed by atoms with Gasteiger partial charge in [-0.1, -0.05) is 6.07 Å². The Morgan fingerprint density at radius 1 is 1.29 bits per heavy atom. The molecule has 1 aromatic heterocycles. The molecular weight excluding hydrogens is 340 g/mol. The summed E-state index contributed by atoms with van der Waals surface area (Å²) in [6.45, 7) is 0.872. The van der Waals surface area contributed by atoms with Gasteiger partial charge in [-0.2, -0.15) is 0 Å². The molecule has 0 radical (unpaired) electrons. The van der Waals surface area contributed by atoms with Crippen molar-refractivity contribution in [2.24, 2.45) is 0 Å². The molecule has 108 valence electrons. The van der Waals surface area contributed by atoms with Crippen molar-refractivity contribution in [3.05, 3.63) is 46.8 Å². The maximum Gasteiger partial charge on any atom is 0.414 e. The molecule has 2 heterocycles. The monoisotopic (exact) mass is 350 g/mol. The number of ether oxygens (including phenoxy) is 1. The van der Waals surface area contributed by atoms with E-state index in [-0.39, 0.29) is 17.8 Å². The summed E-state index contributed by atoms with van der Waals surface area (Å²) >= 11 is 3.14. The normalized spacial score (nSPS) is 14.1. The molecule has 1 saturated heterocycles. The first-order valence-corrected chi connectivity index (χ1v) is 7.04. The third-order valence-electron chi connectivity index (χ3n) is 2.97. The van der Waals surface area contributed by atoms with Crippen molar-refractivity contribution in [2.45, 2.75) is 0 Å². The Balaban J connectivity index is 1.77. The molecule has 1 N–H and O–H groups in total. The highest BCUT2D eigenvalue weighted by atomic mass is 79.9. The fourth-order valence-corrected chi connectivity index (χ4v) is 2.32. The summed E-state index contributed by atoms with van der Waals surface area (Å²) in [4.78, 5) is 25.0. The first-order valence-electron chi connectivity index (χ1n) is 6.24. The zero-order valence-electron chi connectivity index (χ0n) is 10.8. The molecule has 0 spiro atoms. The molecule has 0 bridgehead atoms. The lowest BCUT2D eigenvalue weighted by Crippen LogP contribution is -2.23. The quantitative estimate of drug-likeness (QED) is 0.922. The number of cyclic esters (lactones) is 1. The van der Waals surface area contributed by atoms with Gasteiger partial charge in [-0.15, -0.1) is 0 Å². The van der Waals surface area contributed by atoms with Crippen molar-refractivity contribution in [1.82, 2.24) is 0 Å². The lowest BCUT2D eigenvalue weighted by atomic mass is 10.2. The zero-order chi connectivity index (χ0) is 14.8. The second-order valence-electron chi connectivity index (χ2n) is 4.37. The van der Waals surface area contributed by atoms with Crippen LogP contribution < -0.4 is 10.2 Å². The van der Waals surface area contributed by atoms with Gasteiger partial charge in [-0.25, -0.2) is 4.79 Å². The van der Waals surface area contributed by atoms with E-state index in [0.717, 1.165) is 0 Å². The van der Waals surface area contributed by atoms with Gasteiger partial charge in [0.05, 0.1) is 6.54 Å². The van der Waals surface area contributed by atoms with Gasteiger partial charge in [0.15, 0.2) is 10.4 Å². The minimum Gasteiger partial charge on any atom is -0.447 e. The molecule has 1 aromatic carbocycles. The van der Waals surface area contributed by atoms with Crippen molar-refractivity contribution in [3.63, 3.8) is 0 Å². The fourth-order valence-electron chi connectivity index (χ4n) is 2.01. The molecule has 0 aliphatic carbocycles. The largest absolute Gasteiger partial charge is 0.447 e. The Hall–Kier alpha value is -2.28. The molecule has 1 aliphatic heterocycles. The number of amides is 2. The number of carbonyl (C=O) groups is 2. The van der Waals surface area contributed by atoms with E-state index in [9.17, 15) is 9.59 Å². The average Bonchev–Trinajstić information content (AvgIpc) is 3.08. The predicted octanol–water partition coefficient (Wildman–Crippen LogP) is 3.25. The summed E-state index contributed by atoms with van der Waals surface area (Å²) in [6, 6.07) is 10.2. The van der Waals surface area contributed by atoms with Gasteiger partial charge in [0.2, 0.25) is 0 Å². The summed E-state index contributed by atoms with van der Waals surface area (Å²) in [7, 11) is 0. The third-order valence-corrected chi connectivity index (χ3v) is 3.40. The van der Waals surface area contributed by atoms with Gasteiger partial charge in [0, 0.05) is 11.4 Å². The Bertz CT molecular complexity index is 698. The smallest absolute Gasteiger partial charge is 0.414 e. The van der Waals surface area contributed by atoms with Gasteiger partial charge in [-0.05, 0) is 46.3 Å². The molecule has 0 atom stereocenters. The second-order valence-corrected chi connectivity index (χ2v) is 5.16. The molecule has 1 fully saturated rings. The van der Waals surface area contributed by atoms with Crippen LogP contribution in [0.3, 0.4) is 0 Å². The average molecular weight is 351 g/mol. The number of halogens is 1. The number of carbonyl (C=O) groups excluding carboxylic acids is 2. The van der Waals surface area contributed by atoms with Crippen LogP contribution in [-0.2, 0) is 4.74 Å². The van der Waals surface area contributed by atoms with Crippen LogP contribution in [0.15, 0.2) is 45.5 Å². The molecule has 6 nitrogen and oxygen atoms in total. The number of hydrogen-bond donors (Lipinski definition) is 1. The van der Waals surface area contributed by atoms with E-state index in [2.05, 4.69) is 21.2 Å². The summed E-state index contributed by atoms with van der Waals surface area (Å²) in [6.07, 6.45) is -0.381. The van der Waals surface area contributed by atoms with Crippen molar-refractivity contribution >= 4 is 39.3 Å². The van der Waals surface area contributed by atoms with Crippen LogP contribution in [0.5, 0.6) is 0 Å². The molecular formula is C14H11BrN2O4. The molecule has 2 aromatic rings. The van der Waals surface area contributed by atoms with Gasteiger partial charge in [0.25, 0.3) is 5.91 Å². The van der Waals surface area contributed by atoms with E-state index in [0.29, 0.717) is 29.2 Å². The van der Waals surface area contributed by atoms with Crippen LogP contribution in [0.1, 0.15) is 10.6 Å². The topological polar surface area (TPSA) is 71.8 Å². The van der Waals surface area contributed by atoms with Crippen LogP contribution in [0, 0.1) is 0 Å². The highest BCUT2D eigenvalue weighted by Gasteiger charge is 2.23.